The summed E-state index contributed by atoms with van der Waals surface area (Å²) in [6.07, 6.45) is -2.42. The Morgan fingerprint density at radius 3 is 2.69 bits per heavy atom. The summed E-state index contributed by atoms with van der Waals surface area (Å²) in [6.45, 7) is 3.09. The number of hydrogen-bond acceptors (Lipinski definition) is 3. The number of alkyl halides is 2. The molecule has 0 saturated heterocycles. The number of halogens is 2. The van der Waals surface area contributed by atoms with Gasteiger partial charge in [0.15, 0.2) is 0 Å². The summed E-state index contributed by atoms with van der Waals surface area (Å²) in [6, 6.07) is 1.66. The number of nitrogens with one attached hydrogen (secondary N) is 1. The van der Waals surface area contributed by atoms with E-state index in [4.69, 9.17) is 18.0 Å². The molecule has 1 aromatic rings. The lowest BCUT2D eigenvalue weighted by atomic mass is 10.1. The molecule has 0 saturated carbocycles. The molecule has 1 heterocycles. The van der Waals surface area contributed by atoms with Crippen LogP contribution in [0.3, 0.4) is 0 Å². The van der Waals surface area contributed by atoms with E-state index < -0.39 is 13.0 Å². The second kappa shape index (κ2) is 5.16. The minimum atomic E-state index is -2.42. The zero-order valence-electron chi connectivity index (χ0n) is 9.05. The first-order valence-electron chi connectivity index (χ1n) is 4.72. The van der Waals surface area contributed by atoms with Gasteiger partial charge in [-0.15, -0.1) is 0 Å². The quantitative estimate of drug-likeness (QED) is 0.797. The van der Waals surface area contributed by atoms with Crippen molar-refractivity contribution in [2.45, 2.75) is 20.3 Å². The molecule has 3 nitrogen and oxygen atoms in total. The van der Waals surface area contributed by atoms with Gasteiger partial charge in [-0.1, -0.05) is 12.2 Å². The van der Waals surface area contributed by atoms with Crippen LogP contribution in [0.1, 0.15) is 17.0 Å². The van der Waals surface area contributed by atoms with Crippen LogP contribution in [-0.2, 0) is 0 Å². The van der Waals surface area contributed by atoms with E-state index in [1.165, 1.54) is 0 Å². The van der Waals surface area contributed by atoms with E-state index in [2.05, 4.69) is 10.3 Å². The molecule has 6 heteroatoms. The molecule has 0 radical (unpaired) electrons. The highest BCUT2D eigenvalue weighted by atomic mass is 32.1. The van der Waals surface area contributed by atoms with Gasteiger partial charge in [-0.05, 0) is 19.9 Å². The fourth-order valence-electron chi connectivity index (χ4n) is 1.47. The molecule has 3 N–H and O–H groups in total. The first-order chi connectivity index (χ1) is 7.41. The van der Waals surface area contributed by atoms with Crippen LogP contribution in [0.15, 0.2) is 6.07 Å². The van der Waals surface area contributed by atoms with Gasteiger partial charge in [-0.25, -0.2) is 8.78 Å². The second-order valence-corrected chi connectivity index (χ2v) is 3.85. The largest absolute Gasteiger partial charge is 0.389 e. The van der Waals surface area contributed by atoms with Gasteiger partial charge in [0.25, 0.3) is 6.43 Å². The molecule has 0 amide bonds. The van der Waals surface area contributed by atoms with Crippen molar-refractivity contribution in [1.29, 1.82) is 0 Å². The van der Waals surface area contributed by atoms with Crippen molar-refractivity contribution in [1.82, 2.24) is 4.98 Å². The van der Waals surface area contributed by atoms with Crippen LogP contribution in [-0.4, -0.2) is 22.9 Å². The van der Waals surface area contributed by atoms with Gasteiger partial charge in [0.05, 0.1) is 12.1 Å². The van der Waals surface area contributed by atoms with Crippen LogP contribution >= 0.6 is 12.2 Å². The van der Waals surface area contributed by atoms with E-state index in [1.54, 1.807) is 19.9 Å². The molecule has 0 spiro atoms. The number of aryl methyl sites for hydroxylation is 2. The van der Waals surface area contributed by atoms with Crippen LogP contribution in [0.2, 0.25) is 0 Å². The van der Waals surface area contributed by atoms with Gasteiger partial charge < -0.3 is 11.1 Å². The van der Waals surface area contributed by atoms with Crippen LogP contribution in [0.4, 0.5) is 14.5 Å². The fraction of sp³-hybridized carbons (Fsp3) is 0.400. The van der Waals surface area contributed by atoms with Crippen molar-refractivity contribution >= 4 is 22.9 Å². The van der Waals surface area contributed by atoms with E-state index >= 15 is 0 Å². The third kappa shape index (κ3) is 3.10. The second-order valence-electron chi connectivity index (χ2n) is 3.41. The maximum Gasteiger partial charge on any atom is 0.255 e. The van der Waals surface area contributed by atoms with Crippen molar-refractivity contribution in [2.75, 3.05) is 11.9 Å². The topological polar surface area (TPSA) is 50.9 Å². The van der Waals surface area contributed by atoms with Crippen LogP contribution in [0, 0.1) is 13.8 Å². The molecule has 0 unspecified atom stereocenters. The highest BCUT2D eigenvalue weighted by Crippen LogP contribution is 2.19. The Morgan fingerprint density at radius 1 is 1.56 bits per heavy atom. The predicted molar refractivity (Wildman–Crippen MR) is 64.1 cm³/mol. The molecule has 1 aromatic heterocycles. The predicted octanol–water partition coefficient (Wildman–Crippen LogP) is 2.01. The number of nitrogens with zero attached hydrogens (tertiary/aromatic N) is 1. The molecule has 0 fully saturated rings. The van der Waals surface area contributed by atoms with Gasteiger partial charge in [0.2, 0.25) is 0 Å². The van der Waals surface area contributed by atoms with Gasteiger partial charge >= 0.3 is 0 Å². The van der Waals surface area contributed by atoms with Gasteiger partial charge in [-0.2, -0.15) is 0 Å². The molecular formula is C10H13F2N3S. The van der Waals surface area contributed by atoms with Gasteiger partial charge in [-0.3, -0.25) is 4.98 Å². The lowest BCUT2D eigenvalue weighted by Gasteiger charge is -2.13. The van der Waals surface area contributed by atoms with Gasteiger partial charge in [0, 0.05) is 17.1 Å². The first-order valence-corrected chi connectivity index (χ1v) is 5.12. The molecule has 88 valence electrons. The van der Waals surface area contributed by atoms with E-state index in [-0.39, 0.29) is 4.99 Å². The maximum absolute atomic E-state index is 12.1. The summed E-state index contributed by atoms with van der Waals surface area (Å²) >= 11 is 4.87. The first kappa shape index (κ1) is 12.8. The van der Waals surface area contributed by atoms with E-state index in [0.717, 1.165) is 5.69 Å². The molecule has 0 aliphatic heterocycles. The Bertz CT molecular complexity index is 407. The molecular weight excluding hydrogens is 232 g/mol. The molecule has 16 heavy (non-hydrogen) atoms. The summed E-state index contributed by atoms with van der Waals surface area (Å²) < 4.78 is 24.2. The Kier molecular flexibility index (Phi) is 4.12. The molecule has 0 aliphatic rings. The Balaban J connectivity index is 3.09. The average molecular weight is 245 g/mol. The number of pyridine rings is 1. The van der Waals surface area contributed by atoms with E-state index in [1.807, 2.05) is 0 Å². The standard InChI is InChI=1S/C10H13F2N3S/c1-5-3-7(14-4-8(11)12)9(10(13)16)6(2)15-5/h3,8H,4H2,1-2H3,(H2,13,16)(H,14,15). The third-order valence-corrected chi connectivity index (χ3v) is 2.23. The van der Waals surface area contributed by atoms with Gasteiger partial charge in [0.1, 0.15) is 4.99 Å². The van der Waals surface area contributed by atoms with Crippen molar-refractivity contribution in [3.8, 4) is 0 Å². The summed E-state index contributed by atoms with van der Waals surface area (Å²) in [5.74, 6) is 0. The zero-order chi connectivity index (χ0) is 12.3. The fourth-order valence-corrected chi connectivity index (χ4v) is 1.72. The van der Waals surface area contributed by atoms with Crippen LogP contribution in [0.25, 0.3) is 0 Å². The Morgan fingerprint density at radius 2 is 2.19 bits per heavy atom. The minimum Gasteiger partial charge on any atom is -0.389 e. The summed E-state index contributed by atoms with van der Waals surface area (Å²) in [5.41, 5.74) is 7.95. The van der Waals surface area contributed by atoms with Crippen LogP contribution in [0.5, 0.6) is 0 Å². The summed E-state index contributed by atoms with van der Waals surface area (Å²) in [4.78, 5) is 4.34. The average Bonchev–Trinajstić information content (AvgIpc) is 2.12. The molecule has 1 rings (SSSR count). The zero-order valence-corrected chi connectivity index (χ0v) is 9.87. The Hall–Kier alpha value is -1.30. The van der Waals surface area contributed by atoms with E-state index in [0.29, 0.717) is 16.9 Å². The highest BCUT2D eigenvalue weighted by Gasteiger charge is 2.12. The molecule has 0 aliphatic carbocycles. The number of hydrogen-bond donors (Lipinski definition) is 2. The maximum atomic E-state index is 12.1. The monoisotopic (exact) mass is 245 g/mol. The number of thiocarbonyl (C=S) groups is 1. The van der Waals surface area contributed by atoms with E-state index in [9.17, 15) is 8.78 Å². The van der Waals surface area contributed by atoms with Crippen molar-refractivity contribution in [3.63, 3.8) is 0 Å². The van der Waals surface area contributed by atoms with Crippen molar-refractivity contribution < 1.29 is 8.78 Å². The highest BCUT2D eigenvalue weighted by molar-refractivity contribution is 7.80. The smallest absolute Gasteiger partial charge is 0.255 e. The SMILES string of the molecule is Cc1cc(NCC(F)F)c(C(N)=S)c(C)n1. The number of rotatable bonds is 4. The van der Waals surface area contributed by atoms with Crippen LogP contribution < -0.4 is 11.1 Å². The van der Waals surface area contributed by atoms with Crippen molar-refractivity contribution in [3.05, 3.63) is 23.0 Å². The lowest BCUT2D eigenvalue weighted by molar-refractivity contribution is 0.163. The normalized spacial score (nSPS) is 10.6. The molecule has 0 bridgehead atoms. The minimum absolute atomic E-state index is 0.154. The summed E-state index contributed by atoms with van der Waals surface area (Å²) in [7, 11) is 0. The number of aromatic nitrogens is 1. The Labute approximate surface area is 98.1 Å². The number of nitrogens with two attached hydrogens (primary N) is 1. The third-order valence-electron chi connectivity index (χ3n) is 2.02. The lowest BCUT2D eigenvalue weighted by Crippen LogP contribution is -2.19. The number of anilines is 1. The molecule has 0 atom stereocenters. The molecule has 0 aromatic carbocycles. The van der Waals surface area contributed by atoms with Crippen molar-refractivity contribution in [2.24, 2.45) is 5.73 Å². The summed E-state index contributed by atoms with van der Waals surface area (Å²) in [5, 5.41) is 2.62.